The van der Waals surface area contributed by atoms with Crippen LogP contribution in [-0.2, 0) is 6.42 Å². The fourth-order valence-electron chi connectivity index (χ4n) is 1.87. The van der Waals surface area contributed by atoms with Crippen LogP contribution in [0.5, 0.6) is 11.5 Å². The van der Waals surface area contributed by atoms with Crippen molar-refractivity contribution < 1.29 is 9.47 Å². The molecular formula is C16H27NO2. The van der Waals surface area contributed by atoms with Crippen LogP contribution in [0.3, 0.4) is 0 Å². The van der Waals surface area contributed by atoms with Crippen molar-refractivity contribution in [2.24, 2.45) is 5.92 Å². The molecule has 0 aliphatic carbocycles. The molecule has 0 spiro atoms. The van der Waals surface area contributed by atoms with Crippen molar-refractivity contribution in [2.75, 3.05) is 26.3 Å². The summed E-state index contributed by atoms with van der Waals surface area (Å²) in [5, 5.41) is 3.45. The molecule has 1 N–H and O–H groups in total. The van der Waals surface area contributed by atoms with E-state index in [1.165, 1.54) is 5.56 Å². The van der Waals surface area contributed by atoms with Crippen LogP contribution in [0.25, 0.3) is 0 Å². The molecule has 0 heterocycles. The first-order chi connectivity index (χ1) is 9.17. The SMILES string of the molecule is CCOc1ccc(CCNCC(C)C)cc1OCC. The maximum atomic E-state index is 5.63. The number of nitrogens with one attached hydrogen (secondary N) is 1. The van der Waals surface area contributed by atoms with E-state index in [4.69, 9.17) is 9.47 Å². The first-order valence-electron chi connectivity index (χ1n) is 7.26. The molecule has 0 amide bonds. The van der Waals surface area contributed by atoms with Gasteiger partial charge in [-0.1, -0.05) is 19.9 Å². The summed E-state index contributed by atoms with van der Waals surface area (Å²) in [5.74, 6) is 2.38. The lowest BCUT2D eigenvalue weighted by Crippen LogP contribution is -2.22. The van der Waals surface area contributed by atoms with E-state index in [0.717, 1.165) is 31.0 Å². The molecule has 0 aromatic heterocycles. The van der Waals surface area contributed by atoms with Crippen LogP contribution in [0, 0.1) is 5.92 Å². The highest BCUT2D eigenvalue weighted by molar-refractivity contribution is 5.43. The first-order valence-corrected chi connectivity index (χ1v) is 7.26. The average molecular weight is 265 g/mol. The molecule has 108 valence electrons. The summed E-state index contributed by atoms with van der Waals surface area (Å²) >= 11 is 0. The Morgan fingerprint density at radius 2 is 1.74 bits per heavy atom. The molecule has 0 saturated heterocycles. The lowest BCUT2D eigenvalue weighted by molar-refractivity contribution is 0.287. The summed E-state index contributed by atoms with van der Waals surface area (Å²) < 4.78 is 11.2. The molecule has 0 bridgehead atoms. The minimum Gasteiger partial charge on any atom is -0.490 e. The Morgan fingerprint density at radius 1 is 1.05 bits per heavy atom. The Morgan fingerprint density at radius 3 is 2.37 bits per heavy atom. The normalized spacial score (nSPS) is 10.8. The molecule has 0 aliphatic rings. The van der Waals surface area contributed by atoms with Gasteiger partial charge < -0.3 is 14.8 Å². The van der Waals surface area contributed by atoms with Crippen LogP contribution >= 0.6 is 0 Å². The van der Waals surface area contributed by atoms with Gasteiger partial charge in [0.25, 0.3) is 0 Å². The standard InChI is InChI=1S/C16H27NO2/c1-5-18-15-8-7-14(11-16(15)19-6-2)9-10-17-12-13(3)4/h7-8,11,13,17H,5-6,9-10,12H2,1-4H3. The summed E-state index contributed by atoms with van der Waals surface area (Å²) in [7, 11) is 0. The Hall–Kier alpha value is -1.22. The van der Waals surface area contributed by atoms with Gasteiger partial charge in [-0.25, -0.2) is 0 Å². The van der Waals surface area contributed by atoms with Gasteiger partial charge in [-0.3, -0.25) is 0 Å². The summed E-state index contributed by atoms with van der Waals surface area (Å²) in [6, 6.07) is 6.21. The van der Waals surface area contributed by atoms with Gasteiger partial charge in [0.1, 0.15) is 0 Å². The van der Waals surface area contributed by atoms with Crippen molar-refractivity contribution in [3.63, 3.8) is 0 Å². The Kier molecular flexibility index (Phi) is 7.34. The summed E-state index contributed by atoms with van der Waals surface area (Å²) in [5.41, 5.74) is 1.28. The van der Waals surface area contributed by atoms with E-state index in [9.17, 15) is 0 Å². The Balaban J connectivity index is 2.56. The smallest absolute Gasteiger partial charge is 0.161 e. The Bertz CT molecular complexity index is 364. The fourth-order valence-corrected chi connectivity index (χ4v) is 1.87. The zero-order chi connectivity index (χ0) is 14.1. The molecule has 3 nitrogen and oxygen atoms in total. The van der Waals surface area contributed by atoms with Gasteiger partial charge in [0.2, 0.25) is 0 Å². The molecule has 3 heteroatoms. The van der Waals surface area contributed by atoms with Gasteiger partial charge >= 0.3 is 0 Å². The summed E-state index contributed by atoms with van der Waals surface area (Å²) in [6.45, 7) is 11.8. The highest BCUT2D eigenvalue weighted by Gasteiger charge is 2.06. The number of rotatable bonds is 9. The number of hydrogen-bond donors (Lipinski definition) is 1. The van der Waals surface area contributed by atoms with Crippen molar-refractivity contribution in [1.29, 1.82) is 0 Å². The second kappa shape index (κ2) is 8.81. The second-order valence-corrected chi connectivity index (χ2v) is 5.00. The van der Waals surface area contributed by atoms with Crippen molar-refractivity contribution in [3.8, 4) is 11.5 Å². The third kappa shape index (κ3) is 5.97. The topological polar surface area (TPSA) is 30.5 Å². The maximum Gasteiger partial charge on any atom is 0.161 e. The monoisotopic (exact) mass is 265 g/mol. The van der Waals surface area contributed by atoms with Crippen LogP contribution in [0.2, 0.25) is 0 Å². The molecule has 0 saturated carbocycles. The second-order valence-electron chi connectivity index (χ2n) is 5.00. The van der Waals surface area contributed by atoms with Gasteiger partial charge in [-0.05, 0) is 57.0 Å². The minimum atomic E-state index is 0.662. The van der Waals surface area contributed by atoms with Crippen molar-refractivity contribution in [3.05, 3.63) is 23.8 Å². The number of benzene rings is 1. The van der Waals surface area contributed by atoms with E-state index in [0.29, 0.717) is 19.1 Å². The predicted molar refractivity (Wildman–Crippen MR) is 80.2 cm³/mol. The summed E-state index contributed by atoms with van der Waals surface area (Å²) in [4.78, 5) is 0. The molecule has 0 unspecified atom stereocenters. The Labute approximate surface area is 117 Å². The molecule has 0 radical (unpaired) electrons. The molecule has 0 aliphatic heterocycles. The molecule has 19 heavy (non-hydrogen) atoms. The van der Waals surface area contributed by atoms with Gasteiger partial charge in [0.05, 0.1) is 13.2 Å². The molecule has 1 aromatic rings. The van der Waals surface area contributed by atoms with Crippen molar-refractivity contribution >= 4 is 0 Å². The molecule has 1 rings (SSSR count). The highest BCUT2D eigenvalue weighted by atomic mass is 16.5. The van der Waals surface area contributed by atoms with Crippen LogP contribution in [-0.4, -0.2) is 26.3 Å². The molecule has 1 aromatic carbocycles. The van der Waals surface area contributed by atoms with Crippen LogP contribution in [0.4, 0.5) is 0 Å². The van der Waals surface area contributed by atoms with Gasteiger partial charge in [0, 0.05) is 0 Å². The maximum absolute atomic E-state index is 5.63. The lowest BCUT2D eigenvalue weighted by atomic mass is 10.1. The third-order valence-corrected chi connectivity index (χ3v) is 2.75. The number of ether oxygens (including phenoxy) is 2. The molecule has 0 atom stereocenters. The van der Waals surface area contributed by atoms with Crippen molar-refractivity contribution in [1.82, 2.24) is 5.32 Å². The minimum absolute atomic E-state index is 0.662. The largest absolute Gasteiger partial charge is 0.490 e. The zero-order valence-electron chi connectivity index (χ0n) is 12.7. The van der Waals surface area contributed by atoms with E-state index < -0.39 is 0 Å². The molecular weight excluding hydrogens is 238 g/mol. The first kappa shape index (κ1) is 15.8. The van der Waals surface area contributed by atoms with E-state index in [1.54, 1.807) is 0 Å². The molecule has 0 fully saturated rings. The number of hydrogen-bond acceptors (Lipinski definition) is 3. The van der Waals surface area contributed by atoms with E-state index >= 15 is 0 Å². The van der Waals surface area contributed by atoms with Crippen LogP contribution < -0.4 is 14.8 Å². The summed E-state index contributed by atoms with van der Waals surface area (Å²) in [6.07, 6.45) is 1.01. The highest BCUT2D eigenvalue weighted by Crippen LogP contribution is 2.28. The van der Waals surface area contributed by atoms with E-state index in [-0.39, 0.29) is 0 Å². The third-order valence-electron chi connectivity index (χ3n) is 2.75. The lowest BCUT2D eigenvalue weighted by Gasteiger charge is -2.13. The van der Waals surface area contributed by atoms with Gasteiger partial charge in [-0.2, -0.15) is 0 Å². The van der Waals surface area contributed by atoms with E-state index in [2.05, 4.69) is 31.3 Å². The van der Waals surface area contributed by atoms with Crippen LogP contribution in [0.1, 0.15) is 33.3 Å². The van der Waals surface area contributed by atoms with Crippen molar-refractivity contribution in [2.45, 2.75) is 34.1 Å². The van der Waals surface area contributed by atoms with Gasteiger partial charge in [-0.15, -0.1) is 0 Å². The average Bonchev–Trinajstić information content (AvgIpc) is 2.38. The zero-order valence-corrected chi connectivity index (χ0v) is 12.7. The van der Waals surface area contributed by atoms with Gasteiger partial charge in [0.15, 0.2) is 11.5 Å². The van der Waals surface area contributed by atoms with E-state index in [1.807, 2.05) is 19.9 Å². The van der Waals surface area contributed by atoms with Crippen LogP contribution in [0.15, 0.2) is 18.2 Å². The quantitative estimate of drug-likeness (QED) is 0.695. The fraction of sp³-hybridized carbons (Fsp3) is 0.625. The predicted octanol–water partition coefficient (Wildman–Crippen LogP) is 3.27.